The van der Waals surface area contributed by atoms with Gasteiger partial charge >= 0.3 is 17.4 Å². The molecule has 0 heterocycles. The van der Waals surface area contributed by atoms with Crippen molar-refractivity contribution in [2.75, 3.05) is 0 Å². The Hall–Kier alpha value is 0.142. The zero-order valence-corrected chi connectivity index (χ0v) is 4.07. The molecule has 0 rings (SSSR count). The summed E-state index contributed by atoms with van der Waals surface area (Å²) in [5, 5.41) is 0. The maximum atomic E-state index is 0. The van der Waals surface area contributed by atoms with E-state index in [1.54, 1.807) is 0 Å². The number of halogens is 5. The third kappa shape index (κ3) is 5190. The molecule has 0 aliphatic heterocycles. The summed E-state index contributed by atoms with van der Waals surface area (Å²) in [4.78, 5) is 0. The Bertz CT molecular complexity index is 8.04. The summed E-state index contributed by atoms with van der Waals surface area (Å²) >= 11 is 0. The second-order valence-corrected chi connectivity index (χ2v) is 0. The molecule has 0 spiro atoms. The molecule has 0 aromatic carbocycles. The van der Waals surface area contributed by atoms with Crippen molar-refractivity contribution in [3.63, 3.8) is 0 Å². The van der Waals surface area contributed by atoms with Crippen molar-refractivity contribution in [3.05, 3.63) is 0 Å². The van der Waals surface area contributed by atoms with Crippen LogP contribution in [0.15, 0.2) is 0 Å². The zero-order chi connectivity index (χ0) is 0. The van der Waals surface area contributed by atoms with Gasteiger partial charge in [-0.2, -0.15) is 0 Å². The van der Waals surface area contributed by atoms with Crippen LogP contribution in [-0.4, -0.2) is 5.48 Å². The molecule has 1 nitrogen and oxygen atoms in total. The Labute approximate surface area is 47.4 Å². The maximum Gasteiger partial charge on any atom is 3.00 e. The molecule has 0 atom stereocenters. The van der Waals surface area contributed by atoms with Crippen LogP contribution in [0.5, 0.6) is 0 Å². The van der Waals surface area contributed by atoms with Gasteiger partial charge in [-0.3, -0.25) is 0 Å². The first-order valence-corrected chi connectivity index (χ1v) is 0. The third-order valence-electron chi connectivity index (χ3n) is 0. The average Bonchev–Trinajstić information content (AvgIpc) is 0. The van der Waals surface area contributed by atoms with Crippen molar-refractivity contribution in [2.45, 2.75) is 0 Å². The number of hydrogen-bond acceptors (Lipinski definition) is 0. The summed E-state index contributed by atoms with van der Waals surface area (Å²) < 4.78 is 0. The van der Waals surface area contributed by atoms with E-state index in [4.69, 9.17) is 0 Å². The predicted molar refractivity (Wildman–Crippen MR) is 3.61 cm³/mol. The molecule has 0 saturated carbocycles. The summed E-state index contributed by atoms with van der Waals surface area (Å²) in [5.74, 6) is 0. The molecule has 0 aromatic rings. The first-order valence-electron chi connectivity index (χ1n) is 0. The minimum absolute atomic E-state index is 0. The molecule has 1 radical (unpaired) electrons. The van der Waals surface area contributed by atoms with Crippen molar-refractivity contribution in [2.24, 2.45) is 0 Å². The fraction of sp³-hybridized carbons (Fsp3) is 0. The van der Waals surface area contributed by atoms with Crippen LogP contribution in [0.1, 0.15) is 0 Å². The molecule has 7 heteroatoms. The van der Waals surface area contributed by atoms with Gasteiger partial charge in [0.1, 0.15) is 0 Å². The SMILES string of the molecule is O.[Cr+3].[F-].[F-].[F-].[F-].[F-]. The Morgan fingerprint density at radius 2 is 0.429 bits per heavy atom. The summed E-state index contributed by atoms with van der Waals surface area (Å²) in [6.07, 6.45) is 0. The van der Waals surface area contributed by atoms with E-state index < -0.39 is 0 Å². The van der Waals surface area contributed by atoms with Gasteiger partial charge in [0.2, 0.25) is 0 Å². The van der Waals surface area contributed by atoms with Crippen LogP contribution in [0.3, 0.4) is 0 Å². The molecule has 0 aliphatic carbocycles. The normalized spacial score (nSPS) is 0. The van der Waals surface area contributed by atoms with Crippen molar-refractivity contribution >= 4 is 0 Å². The van der Waals surface area contributed by atoms with Crippen LogP contribution in [0.4, 0.5) is 0 Å². The summed E-state index contributed by atoms with van der Waals surface area (Å²) in [7, 11) is 0. The Balaban J connectivity index is 0. The largest absolute Gasteiger partial charge is 3.00 e. The number of rotatable bonds is 0. The van der Waals surface area contributed by atoms with Crippen molar-refractivity contribution in [3.8, 4) is 0 Å². The Kier molecular flexibility index (Phi) is 15200000. The Morgan fingerprint density at radius 1 is 0.429 bits per heavy atom. The molecular weight excluding hydrogens is 163 g/mol. The first kappa shape index (κ1) is 13300. The van der Waals surface area contributed by atoms with Gasteiger partial charge in [-0.1, -0.05) is 0 Å². The third-order valence-corrected chi connectivity index (χ3v) is 0. The van der Waals surface area contributed by atoms with Gasteiger partial charge in [0, 0.05) is 0 Å². The van der Waals surface area contributed by atoms with Gasteiger partial charge in [0.05, 0.1) is 0 Å². The monoisotopic (exact) mass is 165 g/mol. The van der Waals surface area contributed by atoms with Crippen LogP contribution in [0.2, 0.25) is 0 Å². The molecule has 0 saturated heterocycles. The van der Waals surface area contributed by atoms with E-state index in [2.05, 4.69) is 0 Å². The topological polar surface area (TPSA) is 31.5 Å². The standard InChI is InChI=1S/Cr.5FH.H2O/h;5*1H;1H2/q+3;;;;;;/p-5. The fourth-order valence-corrected chi connectivity index (χ4v) is 0. The summed E-state index contributed by atoms with van der Waals surface area (Å²) in [6.45, 7) is 0. The van der Waals surface area contributed by atoms with Crippen LogP contribution >= 0.6 is 0 Å². The van der Waals surface area contributed by atoms with E-state index in [9.17, 15) is 0 Å². The molecule has 0 aromatic heterocycles. The van der Waals surface area contributed by atoms with E-state index in [1.807, 2.05) is 0 Å². The molecule has 0 fully saturated rings. The molecule has 0 bridgehead atoms. The van der Waals surface area contributed by atoms with Crippen LogP contribution in [0, 0.1) is 0 Å². The van der Waals surface area contributed by atoms with E-state index in [0.29, 0.717) is 0 Å². The first-order chi connectivity index (χ1) is 0. The summed E-state index contributed by atoms with van der Waals surface area (Å²) in [5.41, 5.74) is 0. The molecule has 2 N–H and O–H groups in total. The molecule has 51 valence electrons. The number of hydrogen-bond donors (Lipinski definition) is 0. The van der Waals surface area contributed by atoms with Crippen LogP contribution in [0.25, 0.3) is 0 Å². The zero-order valence-electron chi connectivity index (χ0n) is 2.80. The smallest absolute Gasteiger partial charge is 1.00 e. The molecule has 0 aliphatic rings. The van der Waals surface area contributed by atoms with E-state index in [0.717, 1.165) is 0 Å². The average molecular weight is 165 g/mol. The van der Waals surface area contributed by atoms with E-state index in [1.165, 1.54) is 0 Å². The van der Waals surface area contributed by atoms with Crippen molar-refractivity contribution < 1.29 is 46.4 Å². The van der Waals surface area contributed by atoms with Gasteiger partial charge < -0.3 is 29.0 Å². The van der Waals surface area contributed by atoms with Gasteiger partial charge in [0.25, 0.3) is 0 Å². The van der Waals surface area contributed by atoms with Gasteiger partial charge in [-0.05, 0) is 0 Å². The fourth-order valence-electron chi connectivity index (χ4n) is 0. The van der Waals surface area contributed by atoms with Crippen LogP contribution < -0.4 is 23.5 Å². The molecule has 0 unspecified atom stereocenters. The van der Waals surface area contributed by atoms with Crippen molar-refractivity contribution in [1.29, 1.82) is 0 Å². The van der Waals surface area contributed by atoms with E-state index in [-0.39, 0.29) is 46.4 Å². The van der Waals surface area contributed by atoms with Gasteiger partial charge in [0.15, 0.2) is 0 Å². The second kappa shape index (κ2) is 8000. The van der Waals surface area contributed by atoms with Crippen LogP contribution in [-0.2, 0) is 17.4 Å². The molecular formula is H2CrF5O-2. The predicted octanol–water partition coefficient (Wildman–Crippen LogP) is -15.8. The minimum atomic E-state index is 0. The quantitative estimate of drug-likeness (QED) is 0.319. The Morgan fingerprint density at radius 3 is 0.429 bits per heavy atom. The van der Waals surface area contributed by atoms with E-state index >= 15 is 0 Å². The molecule has 0 amide bonds. The molecule has 7 heavy (non-hydrogen) atoms. The van der Waals surface area contributed by atoms with Gasteiger partial charge in [-0.25, -0.2) is 0 Å². The minimum Gasteiger partial charge on any atom is -1.00 e. The maximum absolute atomic E-state index is 0. The summed E-state index contributed by atoms with van der Waals surface area (Å²) in [6, 6.07) is 0. The van der Waals surface area contributed by atoms with Gasteiger partial charge in [-0.15, -0.1) is 0 Å². The second-order valence-electron chi connectivity index (χ2n) is 0. The van der Waals surface area contributed by atoms with Crippen molar-refractivity contribution in [1.82, 2.24) is 0 Å².